The van der Waals surface area contributed by atoms with Gasteiger partial charge in [-0.3, -0.25) is 10.1 Å². The monoisotopic (exact) mass is 441 g/mol. The summed E-state index contributed by atoms with van der Waals surface area (Å²) in [6, 6.07) is 10.4. The summed E-state index contributed by atoms with van der Waals surface area (Å²) in [5, 5.41) is 17.1. The maximum atomic E-state index is 12.5. The summed E-state index contributed by atoms with van der Waals surface area (Å²) < 4.78 is 16.0. The molecule has 2 aromatic rings. The third-order valence-electron chi connectivity index (χ3n) is 4.95. The molecule has 0 spiro atoms. The lowest BCUT2D eigenvalue weighted by Gasteiger charge is -2.29. The van der Waals surface area contributed by atoms with Gasteiger partial charge in [0.05, 0.1) is 30.8 Å². The number of carbonyl (C=O) groups is 2. The number of allylic oxidation sites excluding steroid dienone is 1. The van der Waals surface area contributed by atoms with E-state index >= 15 is 0 Å². The number of urea groups is 1. The quantitative estimate of drug-likeness (QED) is 0.365. The lowest BCUT2D eigenvalue weighted by molar-refractivity contribution is -0.386. The van der Waals surface area contributed by atoms with Gasteiger partial charge in [-0.05, 0) is 23.6 Å². The Morgan fingerprint density at radius 1 is 1.19 bits per heavy atom. The van der Waals surface area contributed by atoms with Gasteiger partial charge < -0.3 is 24.8 Å². The molecular formula is C22H23N3O7. The number of nitro benzene ring substituents is 1. The Labute approximate surface area is 184 Å². The van der Waals surface area contributed by atoms with Crippen molar-refractivity contribution >= 4 is 17.7 Å². The zero-order valence-electron chi connectivity index (χ0n) is 17.8. The predicted octanol–water partition coefficient (Wildman–Crippen LogP) is 3.37. The molecular weight excluding hydrogens is 418 g/mol. The number of methoxy groups -OCH3 is 2. The van der Waals surface area contributed by atoms with Crippen molar-refractivity contribution in [1.29, 1.82) is 0 Å². The van der Waals surface area contributed by atoms with Crippen molar-refractivity contribution in [3.8, 4) is 11.5 Å². The second-order valence-electron chi connectivity index (χ2n) is 6.87. The van der Waals surface area contributed by atoms with E-state index in [1.54, 1.807) is 6.92 Å². The van der Waals surface area contributed by atoms with Gasteiger partial charge in [0.1, 0.15) is 6.61 Å². The number of amides is 2. The van der Waals surface area contributed by atoms with Crippen LogP contribution >= 0.6 is 0 Å². The molecule has 3 rings (SSSR count). The first-order valence-electron chi connectivity index (χ1n) is 9.81. The number of benzene rings is 2. The van der Waals surface area contributed by atoms with Crippen molar-refractivity contribution in [1.82, 2.24) is 10.6 Å². The molecule has 1 aliphatic heterocycles. The van der Waals surface area contributed by atoms with Crippen LogP contribution in [0.5, 0.6) is 11.5 Å². The number of hydrogen-bond acceptors (Lipinski definition) is 7. The highest BCUT2D eigenvalue weighted by molar-refractivity contribution is 5.95. The number of hydrogen-bond donors (Lipinski definition) is 2. The fraction of sp³-hybridized carbons (Fsp3) is 0.273. The first-order chi connectivity index (χ1) is 15.4. The second kappa shape index (κ2) is 9.82. The summed E-state index contributed by atoms with van der Waals surface area (Å²) in [6.07, 6.45) is 0.353. The van der Waals surface area contributed by atoms with Crippen LogP contribution in [0.2, 0.25) is 0 Å². The largest absolute Gasteiger partial charge is 0.493 e. The molecule has 32 heavy (non-hydrogen) atoms. The highest BCUT2D eigenvalue weighted by Gasteiger charge is 2.35. The van der Waals surface area contributed by atoms with E-state index in [0.29, 0.717) is 12.1 Å². The van der Waals surface area contributed by atoms with Crippen LogP contribution in [0.25, 0.3) is 0 Å². The Kier molecular flexibility index (Phi) is 6.93. The summed E-state index contributed by atoms with van der Waals surface area (Å²) in [5.41, 5.74) is 1.27. The van der Waals surface area contributed by atoms with E-state index < -0.39 is 23.0 Å². The van der Waals surface area contributed by atoms with E-state index in [1.807, 2.05) is 30.3 Å². The zero-order chi connectivity index (χ0) is 23.3. The lowest BCUT2D eigenvalue weighted by Crippen LogP contribution is -2.45. The molecule has 10 heteroatoms. The summed E-state index contributed by atoms with van der Waals surface area (Å²) >= 11 is 0. The maximum absolute atomic E-state index is 12.5. The normalized spacial score (nSPS) is 15.5. The fourth-order valence-corrected chi connectivity index (χ4v) is 3.43. The molecule has 0 bridgehead atoms. The van der Waals surface area contributed by atoms with Crippen molar-refractivity contribution in [2.75, 3.05) is 14.2 Å². The summed E-state index contributed by atoms with van der Waals surface area (Å²) in [6.45, 7) is 1.86. The SMILES string of the molecule is CCC1=C(C(=O)OC)C(c2cc(OC)c(OCc3ccccc3)c([N+](=O)[O-])c2)NC(=O)N1. The fourth-order valence-electron chi connectivity index (χ4n) is 3.43. The minimum Gasteiger partial charge on any atom is -0.493 e. The maximum Gasteiger partial charge on any atom is 0.337 e. The van der Waals surface area contributed by atoms with Gasteiger partial charge in [0.25, 0.3) is 0 Å². The third-order valence-corrected chi connectivity index (χ3v) is 4.95. The van der Waals surface area contributed by atoms with E-state index in [-0.39, 0.29) is 34.9 Å². The number of rotatable bonds is 8. The van der Waals surface area contributed by atoms with Gasteiger partial charge in [-0.1, -0.05) is 37.3 Å². The van der Waals surface area contributed by atoms with Crippen LogP contribution in [-0.4, -0.2) is 31.1 Å². The van der Waals surface area contributed by atoms with E-state index in [1.165, 1.54) is 26.4 Å². The summed E-state index contributed by atoms with van der Waals surface area (Å²) in [5.74, 6) is -0.616. The molecule has 0 saturated heterocycles. The number of nitro groups is 1. The Balaban J connectivity index is 2.09. The van der Waals surface area contributed by atoms with Crippen molar-refractivity contribution < 1.29 is 28.7 Å². The third kappa shape index (κ3) is 4.64. The van der Waals surface area contributed by atoms with Crippen molar-refractivity contribution in [2.45, 2.75) is 26.0 Å². The molecule has 0 aromatic heterocycles. The lowest BCUT2D eigenvalue weighted by atomic mass is 9.93. The molecule has 1 unspecified atom stereocenters. The van der Waals surface area contributed by atoms with Gasteiger partial charge >= 0.3 is 17.7 Å². The highest BCUT2D eigenvalue weighted by atomic mass is 16.6. The first-order valence-corrected chi connectivity index (χ1v) is 9.81. The zero-order valence-corrected chi connectivity index (χ0v) is 17.8. The van der Waals surface area contributed by atoms with E-state index in [2.05, 4.69) is 10.6 Å². The van der Waals surface area contributed by atoms with Crippen molar-refractivity contribution in [2.24, 2.45) is 0 Å². The van der Waals surface area contributed by atoms with E-state index in [9.17, 15) is 19.7 Å². The molecule has 10 nitrogen and oxygen atoms in total. The van der Waals surface area contributed by atoms with Crippen LogP contribution in [0.15, 0.2) is 53.7 Å². The van der Waals surface area contributed by atoms with Gasteiger partial charge in [-0.25, -0.2) is 9.59 Å². The summed E-state index contributed by atoms with van der Waals surface area (Å²) in [7, 11) is 2.58. The molecule has 0 radical (unpaired) electrons. The molecule has 0 fully saturated rings. The van der Waals surface area contributed by atoms with Crippen molar-refractivity contribution in [3.05, 3.63) is 75.0 Å². The molecule has 1 aliphatic rings. The standard InChI is InChI=1S/C22H23N3O7/c1-4-15-18(21(26)31-3)19(24-22(27)23-15)14-10-16(25(28)29)20(17(11-14)30-2)32-12-13-8-6-5-7-9-13/h5-11,19H,4,12H2,1-3H3,(H2,23,24,27). The van der Waals surface area contributed by atoms with Crippen molar-refractivity contribution in [3.63, 3.8) is 0 Å². The number of nitrogens with one attached hydrogen (secondary N) is 2. The van der Waals surface area contributed by atoms with Crippen LogP contribution in [-0.2, 0) is 16.1 Å². The molecule has 2 aromatic carbocycles. The topological polar surface area (TPSA) is 129 Å². The van der Waals surface area contributed by atoms with Crippen LogP contribution < -0.4 is 20.1 Å². The van der Waals surface area contributed by atoms with E-state index in [4.69, 9.17) is 14.2 Å². The molecule has 2 amide bonds. The summed E-state index contributed by atoms with van der Waals surface area (Å²) in [4.78, 5) is 35.9. The molecule has 2 N–H and O–H groups in total. The molecule has 1 heterocycles. The van der Waals surface area contributed by atoms with Crippen LogP contribution in [0.3, 0.4) is 0 Å². The van der Waals surface area contributed by atoms with Gasteiger partial charge in [0, 0.05) is 11.8 Å². The van der Waals surface area contributed by atoms with Crippen LogP contribution in [0, 0.1) is 10.1 Å². The Morgan fingerprint density at radius 3 is 2.50 bits per heavy atom. The number of nitrogens with zero attached hydrogens (tertiary/aromatic N) is 1. The minimum atomic E-state index is -0.970. The van der Waals surface area contributed by atoms with Crippen LogP contribution in [0.1, 0.15) is 30.5 Å². The second-order valence-corrected chi connectivity index (χ2v) is 6.87. The molecule has 0 saturated carbocycles. The molecule has 168 valence electrons. The smallest absolute Gasteiger partial charge is 0.337 e. The van der Waals surface area contributed by atoms with Crippen LogP contribution in [0.4, 0.5) is 10.5 Å². The first kappa shape index (κ1) is 22.6. The minimum absolute atomic E-state index is 0.0512. The highest BCUT2D eigenvalue weighted by Crippen LogP contribution is 2.42. The molecule has 0 aliphatic carbocycles. The van der Waals surface area contributed by atoms with Gasteiger partial charge in [-0.2, -0.15) is 0 Å². The van der Waals surface area contributed by atoms with Gasteiger partial charge in [0.2, 0.25) is 5.75 Å². The number of ether oxygens (including phenoxy) is 3. The average molecular weight is 441 g/mol. The molecule has 1 atom stereocenters. The average Bonchev–Trinajstić information content (AvgIpc) is 2.81. The predicted molar refractivity (Wildman–Crippen MR) is 114 cm³/mol. The number of esters is 1. The van der Waals surface area contributed by atoms with Gasteiger partial charge in [-0.15, -0.1) is 0 Å². The Morgan fingerprint density at radius 2 is 1.91 bits per heavy atom. The van der Waals surface area contributed by atoms with Gasteiger partial charge in [0.15, 0.2) is 5.75 Å². The number of carbonyl (C=O) groups excluding carboxylic acids is 2. The Hall–Kier alpha value is -4.08. The Bertz CT molecular complexity index is 1070. The van der Waals surface area contributed by atoms with E-state index in [0.717, 1.165) is 5.56 Å².